The molecule has 0 fully saturated rings. The van der Waals surface area contributed by atoms with Crippen LogP contribution in [0.4, 0.5) is 5.82 Å². The van der Waals surface area contributed by atoms with Crippen LogP contribution >= 0.6 is 11.6 Å². The summed E-state index contributed by atoms with van der Waals surface area (Å²) < 4.78 is 5.20. The molecule has 0 saturated heterocycles. The van der Waals surface area contributed by atoms with Crippen molar-refractivity contribution in [1.29, 1.82) is 0 Å². The Morgan fingerprint density at radius 2 is 1.95 bits per heavy atom. The molecule has 4 nitrogen and oxygen atoms in total. The van der Waals surface area contributed by atoms with E-state index in [9.17, 15) is 0 Å². The molecule has 0 atom stereocenters. The highest BCUT2D eigenvalue weighted by Gasteiger charge is 2.04. The van der Waals surface area contributed by atoms with E-state index < -0.39 is 0 Å². The summed E-state index contributed by atoms with van der Waals surface area (Å²) in [5.74, 6) is 1.49. The molecule has 0 aliphatic carbocycles. The lowest BCUT2D eigenvalue weighted by Crippen LogP contribution is -2.06. The van der Waals surface area contributed by atoms with Gasteiger partial charge in [0.2, 0.25) is 0 Å². The Labute approximate surface area is 124 Å². The van der Waals surface area contributed by atoms with Gasteiger partial charge in [-0.05, 0) is 11.1 Å². The van der Waals surface area contributed by atoms with Crippen molar-refractivity contribution < 1.29 is 4.74 Å². The van der Waals surface area contributed by atoms with Crippen molar-refractivity contribution in [3.8, 4) is 0 Å². The number of aromatic nitrogens is 2. The van der Waals surface area contributed by atoms with Crippen molar-refractivity contribution in [3.05, 3.63) is 52.4 Å². The molecule has 0 aliphatic heterocycles. The van der Waals surface area contributed by atoms with Crippen molar-refractivity contribution in [2.45, 2.75) is 26.5 Å². The fourth-order valence-electron chi connectivity index (χ4n) is 1.93. The van der Waals surface area contributed by atoms with Crippen LogP contribution < -0.4 is 5.32 Å². The first-order valence-electron chi connectivity index (χ1n) is 6.56. The standard InChI is InChI=1S/C15H18ClN3O/c1-3-14-18-13(16)8-15(19-14)17-9-11-6-4-5-7-12(11)10-20-2/h4-8H,3,9-10H2,1-2H3,(H,17,18,19). The van der Waals surface area contributed by atoms with Crippen LogP contribution in [0.5, 0.6) is 0 Å². The molecule has 0 saturated carbocycles. The molecule has 0 unspecified atom stereocenters. The van der Waals surface area contributed by atoms with Crippen molar-refractivity contribution in [2.24, 2.45) is 0 Å². The molecule has 1 aromatic carbocycles. The number of hydrogen-bond acceptors (Lipinski definition) is 4. The van der Waals surface area contributed by atoms with E-state index in [1.165, 1.54) is 11.1 Å². The number of rotatable bonds is 6. The van der Waals surface area contributed by atoms with Gasteiger partial charge < -0.3 is 10.1 Å². The molecule has 0 amide bonds. The first-order valence-corrected chi connectivity index (χ1v) is 6.93. The molecule has 1 aromatic heterocycles. The molecule has 0 radical (unpaired) electrons. The Hall–Kier alpha value is -1.65. The third kappa shape index (κ3) is 3.92. The maximum atomic E-state index is 5.98. The molecule has 2 rings (SSSR count). The number of methoxy groups -OCH3 is 1. The normalized spacial score (nSPS) is 10.6. The molecule has 0 spiro atoms. The third-order valence-electron chi connectivity index (χ3n) is 2.94. The highest BCUT2D eigenvalue weighted by molar-refractivity contribution is 6.29. The number of aryl methyl sites for hydroxylation is 1. The zero-order valence-electron chi connectivity index (χ0n) is 11.7. The highest BCUT2D eigenvalue weighted by Crippen LogP contribution is 2.15. The van der Waals surface area contributed by atoms with Gasteiger partial charge in [0.25, 0.3) is 0 Å². The summed E-state index contributed by atoms with van der Waals surface area (Å²) in [4.78, 5) is 8.55. The fourth-order valence-corrected chi connectivity index (χ4v) is 2.13. The Balaban J connectivity index is 2.10. The predicted molar refractivity (Wildman–Crippen MR) is 80.9 cm³/mol. The van der Waals surface area contributed by atoms with Crippen LogP contribution in [0, 0.1) is 0 Å². The summed E-state index contributed by atoms with van der Waals surface area (Å²) in [5.41, 5.74) is 2.35. The number of anilines is 1. The Kier molecular flexibility index (Phi) is 5.32. The summed E-state index contributed by atoms with van der Waals surface area (Å²) in [5, 5.41) is 3.75. The molecular formula is C15H18ClN3O. The maximum absolute atomic E-state index is 5.98. The largest absolute Gasteiger partial charge is 0.380 e. The van der Waals surface area contributed by atoms with E-state index in [2.05, 4.69) is 27.4 Å². The van der Waals surface area contributed by atoms with Crippen LogP contribution in [0.2, 0.25) is 5.15 Å². The summed E-state index contributed by atoms with van der Waals surface area (Å²) in [6.45, 7) is 3.28. The van der Waals surface area contributed by atoms with E-state index in [-0.39, 0.29) is 0 Å². The second-order valence-corrected chi connectivity index (χ2v) is 4.79. The van der Waals surface area contributed by atoms with Crippen molar-refractivity contribution in [3.63, 3.8) is 0 Å². The van der Waals surface area contributed by atoms with Gasteiger partial charge >= 0.3 is 0 Å². The van der Waals surface area contributed by atoms with Gasteiger partial charge in [-0.2, -0.15) is 0 Å². The smallest absolute Gasteiger partial charge is 0.134 e. The topological polar surface area (TPSA) is 47.0 Å². The minimum Gasteiger partial charge on any atom is -0.380 e. The lowest BCUT2D eigenvalue weighted by molar-refractivity contribution is 0.184. The number of ether oxygens (including phenoxy) is 1. The zero-order chi connectivity index (χ0) is 14.4. The summed E-state index contributed by atoms with van der Waals surface area (Å²) in [6.07, 6.45) is 0.759. The van der Waals surface area contributed by atoms with E-state index in [0.29, 0.717) is 18.3 Å². The molecule has 5 heteroatoms. The van der Waals surface area contributed by atoms with Gasteiger partial charge in [0.05, 0.1) is 6.61 Å². The Bertz CT molecular complexity index is 575. The van der Waals surface area contributed by atoms with Crippen molar-refractivity contribution in [2.75, 3.05) is 12.4 Å². The van der Waals surface area contributed by atoms with Gasteiger partial charge in [0.15, 0.2) is 0 Å². The van der Waals surface area contributed by atoms with E-state index in [0.717, 1.165) is 18.1 Å². The third-order valence-corrected chi connectivity index (χ3v) is 3.13. The van der Waals surface area contributed by atoms with E-state index in [4.69, 9.17) is 16.3 Å². The second-order valence-electron chi connectivity index (χ2n) is 4.40. The minimum absolute atomic E-state index is 0.463. The molecule has 1 heterocycles. The molecule has 0 bridgehead atoms. The van der Waals surface area contributed by atoms with Gasteiger partial charge in [-0.1, -0.05) is 42.8 Å². The van der Waals surface area contributed by atoms with Gasteiger partial charge in [-0.15, -0.1) is 0 Å². The Morgan fingerprint density at radius 3 is 2.65 bits per heavy atom. The number of halogens is 1. The van der Waals surface area contributed by atoms with Crippen LogP contribution in [-0.2, 0) is 24.3 Å². The van der Waals surface area contributed by atoms with E-state index in [1.807, 2.05) is 19.1 Å². The molecule has 1 N–H and O–H groups in total. The Morgan fingerprint density at radius 1 is 1.20 bits per heavy atom. The first-order chi connectivity index (χ1) is 9.72. The second kappa shape index (κ2) is 7.22. The summed E-state index contributed by atoms with van der Waals surface area (Å²) in [6, 6.07) is 9.89. The first kappa shape index (κ1) is 14.8. The van der Waals surface area contributed by atoms with Crippen LogP contribution in [-0.4, -0.2) is 17.1 Å². The predicted octanol–water partition coefficient (Wildman–Crippen LogP) is 3.45. The number of nitrogens with one attached hydrogen (secondary N) is 1. The lowest BCUT2D eigenvalue weighted by Gasteiger charge is -2.11. The highest BCUT2D eigenvalue weighted by atomic mass is 35.5. The fraction of sp³-hybridized carbons (Fsp3) is 0.333. The number of hydrogen-bond donors (Lipinski definition) is 1. The SMILES string of the molecule is CCc1nc(Cl)cc(NCc2ccccc2COC)n1. The quantitative estimate of drug-likeness (QED) is 0.828. The van der Waals surface area contributed by atoms with Crippen LogP contribution in [0.15, 0.2) is 30.3 Å². The molecular weight excluding hydrogens is 274 g/mol. The minimum atomic E-state index is 0.463. The van der Waals surface area contributed by atoms with Gasteiger partial charge in [-0.3, -0.25) is 0 Å². The molecule has 0 aliphatic rings. The zero-order valence-corrected chi connectivity index (χ0v) is 12.4. The summed E-state index contributed by atoms with van der Waals surface area (Å²) in [7, 11) is 1.70. The maximum Gasteiger partial charge on any atom is 0.134 e. The molecule has 2 aromatic rings. The van der Waals surface area contributed by atoms with Crippen LogP contribution in [0.1, 0.15) is 23.9 Å². The number of nitrogens with zero attached hydrogens (tertiary/aromatic N) is 2. The average Bonchev–Trinajstić information content (AvgIpc) is 2.46. The molecule has 106 valence electrons. The monoisotopic (exact) mass is 291 g/mol. The van der Waals surface area contributed by atoms with E-state index in [1.54, 1.807) is 13.2 Å². The van der Waals surface area contributed by atoms with Gasteiger partial charge in [0.1, 0.15) is 16.8 Å². The van der Waals surface area contributed by atoms with Crippen molar-refractivity contribution >= 4 is 17.4 Å². The lowest BCUT2D eigenvalue weighted by atomic mass is 10.1. The van der Waals surface area contributed by atoms with Crippen LogP contribution in [0.25, 0.3) is 0 Å². The molecule has 20 heavy (non-hydrogen) atoms. The van der Waals surface area contributed by atoms with Crippen LogP contribution in [0.3, 0.4) is 0 Å². The number of benzene rings is 1. The van der Waals surface area contributed by atoms with E-state index >= 15 is 0 Å². The average molecular weight is 292 g/mol. The summed E-state index contributed by atoms with van der Waals surface area (Å²) >= 11 is 5.98. The van der Waals surface area contributed by atoms with Crippen molar-refractivity contribution in [1.82, 2.24) is 9.97 Å². The van der Waals surface area contributed by atoms with Gasteiger partial charge in [-0.25, -0.2) is 9.97 Å². The van der Waals surface area contributed by atoms with Gasteiger partial charge in [0, 0.05) is 26.1 Å².